The second kappa shape index (κ2) is 7.65. The minimum Gasteiger partial charge on any atom is -0.495 e. The summed E-state index contributed by atoms with van der Waals surface area (Å²) < 4.78 is 5.04. The van der Waals surface area contributed by atoms with E-state index in [1.807, 2.05) is 19.1 Å². The van der Waals surface area contributed by atoms with Gasteiger partial charge in [0.2, 0.25) is 11.8 Å². The third-order valence-corrected chi connectivity index (χ3v) is 3.39. The summed E-state index contributed by atoms with van der Waals surface area (Å²) in [5, 5.41) is 5.67. The van der Waals surface area contributed by atoms with Crippen molar-refractivity contribution in [1.29, 1.82) is 0 Å². The summed E-state index contributed by atoms with van der Waals surface area (Å²) in [5.41, 5.74) is 2.25. The average molecular weight is 333 g/mol. The molecule has 0 bridgehead atoms. The number of methoxy groups -OCH3 is 1. The Morgan fingerprint density at radius 1 is 1.00 bits per heavy atom. The van der Waals surface area contributed by atoms with Crippen molar-refractivity contribution in [3.63, 3.8) is 0 Å². The van der Waals surface area contributed by atoms with Crippen LogP contribution in [0.5, 0.6) is 5.75 Å². The van der Waals surface area contributed by atoms with Gasteiger partial charge in [0, 0.05) is 11.4 Å². The minimum atomic E-state index is -0.421. The Kier molecular flexibility index (Phi) is 5.60. The summed E-state index contributed by atoms with van der Waals surface area (Å²) in [6, 6.07) is 12.2. The number of hydrogen-bond donors (Lipinski definition) is 2. The fourth-order valence-electron chi connectivity index (χ4n) is 1.94. The zero-order valence-corrected chi connectivity index (χ0v) is 13.6. The molecule has 0 aliphatic rings. The van der Waals surface area contributed by atoms with E-state index < -0.39 is 5.91 Å². The molecule has 0 spiro atoms. The van der Waals surface area contributed by atoms with E-state index in [0.29, 0.717) is 22.1 Å². The molecule has 2 N–H and O–H groups in total. The van der Waals surface area contributed by atoms with E-state index >= 15 is 0 Å². The number of rotatable bonds is 5. The van der Waals surface area contributed by atoms with Crippen LogP contribution in [0.4, 0.5) is 11.4 Å². The van der Waals surface area contributed by atoms with E-state index in [4.69, 9.17) is 16.3 Å². The van der Waals surface area contributed by atoms with Gasteiger partial charge in [-0.05, 0) is 37.3 Å². The number of anilines is 2. The van der Waals surface area contributed by atoms with Crippen molar-refractivity contribution in [1.82, 2.24) is 0 Å². The number of carbonyl (C=O) groups is 2. The average Bonchev–Trinajstić information content (AvgIpc) is 2.49. The van der Waals surface area contributed by atoms with Gasteiger partial charge in [0.05, 0.1) is 12.1 Å². The molecule has 2 aromatic rings. The normalized spacial score (nSPS) is 10.0. The summed E-state index contributed by atoms with van der Waals surface area (Å²) in [6.07, 6.45) is -0.280. The van der Waals surface area contributed by atoms with E-state index in [9.17, 15) is 9.59 Å². The van der Waals surface area contributed by atoms with Gasteiger partial charge >= 0.3 is 0 Å². The Balaban J connectivity index is 1.90. The van der Waals surface area contributed by atoms with E-state index in [-0.39, 0.29) is 12.3 Å². The highest BCUT2D eigenvalue weighted by atomic mass is 35.5. The maximum absolute atomic E-state index is 11.9. The van der Waals surface area contributed by atoms with Crippen molar-refractivity contribution in [2.24, 2.45) is 0 Å². The smallest absolute Gasteiger partial charge is 0.233 e. The number of hydrogen-bond acceptors (Lipinski definition) is 3. The molecule has 0 fully saturated rings. The molecule has 0 aliphatic carbocycles. The van der Waals surface area contributed by atoms with Crippen molar-refractivity contribution in [3.05, 3.63) is 53.1 Å². The third kappa shape index (κ3) is 5.00. The highest BCUT2D eigenvalue weighted by molar-refractivity contribution is 6.32. The monoisotopic (exact) mass is 332 g/mol. The maximum Gasteiger partial charge on any atom is 0.233 e. The molecule has 0 heterocycles. The predicted octanol–water partition coefficient (Wildman–Crippen LogP) is 3.62. The van der Waals surface area contributed by atoms with E-state index in [1.165, 1.54) is 7.11 Å². The number of ether oxygens (including phenoxy) is 1. The number of nitrogens with one attached hydrogen (secondary N) is 2. The molecular weight excluding hydrogens is 316 g/mol. The van der Waals surface area contributed by atoms with Gasteiger partial charge in [-0.2, -0.15) is 0 Å². The van der Waals surface area contributed by atoms with Gasteiger partial charge in [-0.3, -0.25) is 9.59 Å². The minimum absolute atomic E-state index is 0.280. The van der Waals surface area contributed by atoms with E-state index in [1.54, 1.807) is 30.3 Å². The summed E-state index contributed by atoms with van der Waals surface area (Å²) in [4.78, 5) is 23.7. The Morgan fingerprint density at radius 2 is 1.57 bits per heavy atom. The topological polar surface area (TPSA) is 67.4 Å². The zero-order chi connectivity index (χ0) is 16.8. The number of amides is 2. The molecule has 2 aromatic carbocycles. The lowest BCUT2D eigenvalue weighted by Gasteiger charge is -2.08. The van der Waals surface area contributed by atoms with Gasteiger partial charge in [0.1, 0.15) is 12.2 Å². The van der Waals surface area contributed by atoms with Crippen LogP contribution in [0.2, 0.25) is 5.02 Å². The first kappa shape index (κ1) is 16.8. The summed E-state index contributed by atoms with van der Waals surface area (Å²) in [5.74, 6) is -0.288. The highest BCUT2D eigenvalue weighted by Crippen LogP contribution is 2.27. The van der Waals surface area contributed by atoms with Gasteiger partial charge in [-0.1, -0.05) is 29.3 Å². The molecule has 0 aromatic heterocycles. The van der Waals surface area contributed by atoms with Crippen molar-refractivity contribution < 1.29 is 14.3 Å². The van der Waals surface area contributed by atoms with E-state index in [2.05, 4.69) is 10.6 Å². The highest BCUT2D eigenvalue weighted by Gasteiger charge is 2.11. The van der Waals surface area contributed by atoms with Crippen LogP contribution in [0.25, 0.3) is 0 Å². The number of halogens is 1. The van der Waals surface area contributed by atoms with Gasteiger partial charge in [-0.25, -0.2) is 0 Å². The van der Waals surface area contributed by atoms with Crippen molar-refractivity contribution in [2.75, 3.05) is 17.7 Å². The first-order valence-electron chi connectivity index (χ1n) is 6.98. The molecule has 6 heteroatoms. The first-order chi connectivity index (χ1) is 11.0. The second-order valence-corrected chi connectivity index (χ2v) is 5.40. The summed E-state index contributed by atoms with van der Waals surface area (Å²) in [6.45, 7) is 1.96. The molecule has 0 saturated carbocycles. The molecule has 5 nitrogen and oxygen atoms in total. The van der Waals surface area contributed by atoms with Crippen LogP contribution in [0.3, 0.4) is 0 Å². The number of aryl methyl sites for hydroxylation is 1. The number of carbonyl (C=O) groups excluding carboxylic acids is 2. The van der Waals surface area contributed by atoms with Gasteiger partial charge < -0.3 is 15.4 Å². The Labute approximate surface area is 139 Å². The molecule has 0 unspecified atom stereocenters. The zero-order valence-electron chi connectivity index (χ0n) is 12.9. The maximum atomic E-state index is 11.9. The van der Waals surface area contributed by atoms with Gasteiger partial charge in [0.25, 0.3) is 0 Å². The predicted molar refractivity (Wildman–Crippen MR) is 91.1 cm³/mol. The van der Waals surface area contributed by atoms with Crippen LogP contribution < -0.4 is 15.4 Å². The van der Waals surface area contributed by atoms with Crippen LogP contribution in [0.1, 0.15) is 12.0 Å². The molecule has 2 amide bonds. The molecule has 0 atom stereocenters. The van der Waals surface area contributed by atoms with E-state index in [0.717, 1.165) is 5.56 Å². The van der Waals surface area contributed by atoms with Gasteiger partial charge in [0.15, 0.2) is 0 Å². The largest absolute Gasteiger partial charge is 0.495 e. The summed E-state index contributed by atoms with van der Waals surface area (Å²) in [7, 11) is 1.51. The third-order valence-electron chi connectivity index (χ3n) is 3.09. The van der Waals surface area contributed by atoms with Crippen LogP contribution in [-0.2, 0) is 9.59 Å². The van der Waals surface area contributed by atoms with Crippen LogP contribution >= 0.6 is 11.6 Å². The van der Waals surface area contributed by atoms with Crippen LogP contribution in [0.15, 0.2) is 42.5 Å². The molecule has 0 radical (unpaired) electrons. The molecule has 0 aliphatic heterocycles. The Morgan fingerprint density at radius 3 is 2.13 bits per heavy atom. The molecule has 120 valence electrons. The lowest BCUT2D eigenvalue weighted by atomic mass is 10.2. The van der Waals surface area contributed by atoms with Crippen LogP contribution in [-0.4, -0.2) is 18.9 Å². The molecule has 23 heavy (non-hydrogen) atoms. The van der Waals surface area contributed by atoms with Crippen molar-refractivity contribution >= 4 is 34.8 Å². The van der Waals surface area contributed by atoms with Crippen molar-refractivity contribution in [3.8, 4) is 5.75 Å². The van der Waals surface area contributed by atoms with Gasteiger partial charge in [-0.15, -0.1) is 0 Å². The summed E-state index contributed by atoms with van der Waals surface area (Å²) >= 11 is 5.98. The SMILES string of the molecule is COc1ccc(NC(=O)CC(=O)Nc2ccc(C)cc2)cc1Cl. The molecule has 0 saturated heterocycles. The standard InChI is InChI=1S/C17H17ClN2O3/c1-11-3-5-12(6-4-11)19-16(21)10-17(22)20-13-7-8-15(23-2)14(18)9-13/h3-9H,10H2,1-2H3,(H,19,21)(H,20,22). The Hall–Kier alpha value is -2.53. The lowest BCUT2D eigenvalue weighted by Crippen LogP contribution is -2.21. The molecule has 2 rings (SSSR count). The lowest BCUT2D eigenvalue weighted by molar-refractivity contribution is -0.123. The molecular formula is C17H17ClN2O3. The fraction of sp³-hybridized carbons (Fsp3) is 0.176. The van der Waals surface area contributed by atoms with Crippen molar-refractivity contribution in [2.45, 2.75) is 13.3 Å². The van der Waals surface area contributed by atoms with Crippen LogP contribution in [0, 0.1) is 6.92 Å². The second-order valence-electron chi connectivity index (χ2n) is 4.99. The fourth-order valence-corrected chi connectivity index (χ4v) is 2.19. The number of benzene rings is 2. The first-order valence-corrected chi connectivity index (χ1v) is 7.35. The quantitative estimate of drug-likeness (QED) is 0.822. The Bertz CT molecular complexity index is 714.